The maximum atomic E-state index is 2.20. The van der Waals surface area contributed by atoms with E-state index in [2.05, 4.69) is 70.1 Å². The average molecular weight is 209 g/mol. The van der Waals surface area contributed by atoms with E-state index in [0.717, 1.165) is 6.54 Å². The number of hydrogen-bond donors (Lipinski definition) is 0. The third-order valence-electron chi connectivity index (χ3n) is 2.75. The summed E-state index contributed by atoms with van der Waals surface area (Å²) < 4.78 is 4.36. The molecule has 1 aromatic carbocycles. The fourth-order valence-electron chi connectivity index (χ4n) is 1.95. The molecule has 0 unspecified atom stereocenters. The largest absolute Gasteiger partial charge is 0.197 e. The van der Waals surface area contributed by atoms with Crippen LogP contribution in [-0.2, 0) is 6.54 Å². The van der Waals surface area contributed by atoms with Gasteiger partial charge in [0.1, 0.15) is 5.52 Å². The molecular weight excluding hydrogens is 196 g/mol. The van der Waals surface area contributed by atoms with E-state index in [1.165, 1.54) is 11.1 Å². The number of pyridine rings is 1. The van der Waals surface area contributed by atoms with E-state index in [9.17, 15) is 0 Å². The van der Waals surface area contributed by atoms with Crippen LogP contribution in [0.4, 0.5) is 0 Å². The Morgan fingerprint density at radius 3 is 2.56 bits per heavy atom. The predicted molar refractivity (Wildman–Crippen MR) is 63.1 cm³/mol. The van der Waals surface area contributed by atoms with Gasteiger partial charge in [-0.25, -0.2) is 0 Å². The number of hydrogen-bond acceptors (Lipinski definition) is 0. The van der Waals surface area contributed by atoms with Crippen molar-refractivity contribution in [3.63, 3.8) is 0 Å². The van der Waals surface area contributed by atoms with Gasteiger partial charge in [-0.05, 0) is 12.1 Å². The van der Waals surface area contributed by atoms with Gasteiger partial charge in [0, 0.05) is 11.6 Å². The number of benzene rings is 1. The molecule has 3 aromatic rings. The third-order valence-corrected chi connectivity index (χ3v) is 2.75. The van der Waals surface area contributed by atoms with Gasteiger partial charge < -0.3 is 0 Å². The van der Waals surface area contributed by atoms with Gasteiger partial charge in [0.05, 0.1) is 6.20 Å². The summed E-state index contributed by atoms with van der Waals surface area (Å²) in [5.74, 6) is 0. The SMILES string of the molecule is c1ccc(C[n+]2ccc3ccccn32)cc1. The van der Waals surface area contributed by atoms with Crippen LogP contribution in [0.2, 0.25) is 0 Å². The zero-order valence-corrected chi connectivity index (χ0v) is 8.95. The van der Waals surface area contributed by atoms with Crippen LogP contribution < -0.4 is 4.68 Å². The van der Waals surface area contributed by atoms with Crippen LogP contribution in [0.15, 0.2) is 67.0 Å². The molecule has 2 heterocycles. The minimum Gasteiger partial charge on any atom is -0.128 e. The van der Waals surface area contributed by atoms with Crippen molar-refractivity contribution in [2.45, 2.75) is 6.54 Å². The van der Waals surface area contributed by atoms with Gasteiger partial charge >= 0.3 is 0 Å². The molecule has 0 aliphatic carbocycles. The quantitative estimate of drug-likeness (QED) is 0.572. The molecule has 0 amide bonds. The summed E-state index contributed by atoms with van der Waals surface area (Å²) >= 11 is 0. The number of nitrogens with zero attached hydrogens (tertiary/aromatic N) is 2. The van der Waals surface area contributed by atoms with E-state index >= 15 is 0 Å². The summed E-state index contributed by atoms with van der Waals surface area (Å²) in [5, 5.41) is 0. The van der Waals surface area contributed by atoms with Crippen LogP contribution in [-0.4, -0.2) is 4.52 Å². The van der Waals surface area contributed by atoms with Crippen molar-refractivity contribution in [1.29, 1.82) is 0 Å². The molecule has 0 aliphatic rings. The molecule has 2 nitrogen and oxygen atoms in total. The number of aromatic nitrogens is 2. The van der Waals surface area contributed by atoms with Crippen molar-refractivity contribution >= 4 is 5.52 Å². The Morgan fingerprint density at radius 2 is 1.69 bits per heavy atom. The van der Waals surface area contributed by atoms with Gasteiger partial charge in [-0.1, -0.05) is 36.4 Å². The minimum absolute atomic E-state index is 0.902. The van der Waals surface area contributed by atoms with Gasteiger partial charge in [-0.15, -0.1) is 9.20 Å². The maximum absolute atomic E-state index is 2.20. The molecule has 3 rings (SSSR count). The number of rotatable bonds is 2. The first kappa shape index (κ1) is 9.16. The third kappa shape index (κ3) is 1.58. The van der Waals surface area contributed by atoms with Crippen LogP contribution in [0.1, 0.15) is 5.56 Å². The fourth-order valence-corrected chi connectivity index (χ4v) is 1.95. The molecule has 16 heavy (non-hydrogen) atoms. The van der Waals surface area contributed by atoms with E-state index in [1.807, 2.05) is 6.07 Å². The van der Waals surface area contributed by atoms with E-state index < -0.39 is 0 Å². The molecule has 0 saturated carbocycles. The van der Waals surface area contributed by atoms with Crippen molar-refractivity contribution < 1.29 is 4.68 Å². The van der Waals surface area contributed by atoms with Gasteiger partial charge in [0.2, 0.25) is 0 Å². The monoisotopic (exact) mass is 209 g/mol. The summed E-state index contributed by atoms with van der Waals surface area (Å²) in [4.78, 5) is 0. The van der Waals surface area contributed by atoms with E-state index in [1.54, 1.807) is 0 Å². The molecule has 0 saturated heterocycles. The Morgan fingerprint density at radius 1 is 0.875 bits per heavy atom. The van der Waals surface area contributed by atoms with Gasteiger partial charge in [-0.2, -0.15) is 0 Å². The van der Waals surface area contributed by atoms with Gasteiger partial charge in [0.25, 0.3) is 0 Å². The fraction of sp³-hybridized carbons (Fsp3) is 0.0714. The van der Waals surface area contributed by atoms with Crippen molar-refractivity contribution in [2.75, 3.05) is 0 Å². The second-order valence-electron chi connectivity index (χ2n) is 3.87. The molecule has 2 aromatic heterocycles. The normalized spacial score (nSPS) is 10.8. The number of fused-ring (bicyclic) bond motifs is 1. The standard InChI is InChI=1S/C14H13N2/c1-2-6-13(7-3-1)12-15-11-9-14-8-4-5-10-16(14)15/h1-11H,12H2/q+1. The van der Waals surface area contributed by atoms with Crippen LogP contribution in [0.3, 0.4) is 0 Å². The van der Waals surface area contributed by atoms with E-state index in [4.69, 9.17) is 0 Å². The van der Waals surface area contributed by atoms with Crippen LogP contribution in [0.25, 0.3) is 5.52 Å². The zero-order chi connectivity index (χ0) is 10.8. The first-order chi connectivity index (χ1) is 7.93. The molecule has 0 spiro atoms. The Labute approximate surface area is 94.4 Å². The second kappa shape index (κ2) is 3.81. The Hall–Kier alpha value is -2.09. The highest BCUT2D eigenvalue weighted by Crippen LogP contribution is 2.01. The highest BCUT2D eigenvalue weighted by Gasteiger charge is 2.07. The molecule has 0 N–H and O–H groups in total. The molecule has 0 radical (unpaired) electrons. The lowest BCUT2D eigenvalue weighted by Crippen LogP contribution is -2.39. The van der Waals surface area contributed by atoms with E-state index in [0.29, 0.717) is 0 Å². The topological polar surface area (TPSA) is 8.29 Å². The lowest BCUT2D eigenvalue weighted by atomic mass is 10.2. The maximum Gasteiger partial charge on any atom is 0.197 e. The Kier molecular flexibility index (Phi) is 2.18. The lowest BCUT2D eigenvalue weighted by Gasteiger charge is -1.97. The molecule has 0 atom stereocenters. The van der Waals surface area contributed by atoms with Crippen LogP contribution in [0.5, 0.6) is 0 Å². The minimum atomic E-state index is 0.902. The van der Waals surface area contributed by atoms with Crippen molar-refractivity contribution in [2.24, 2.45) is 0 Å². The molecule has 0 bridgehead atoms. The van der Waals surface area contributed by atoms with Crippen LogP contribution >= 0.6 is 0 Å². The molecule has 0 fully saturated rings. The molecule has 2 heteroatoms. The lowest BCUT2D eigenvalue weighted by molar-refractivity contribution is -0.752. The zero-order valence-electron chi connectivity index (χ0n) is 8.95. The van der Waals surface area contributed by atoms with Crippen LogP contribution in [0, 0.1) is 0 Å². The van der Waals surface area contributed by atoms with E-state index in [-0.39, 0.29) is 0 Å². The van der Waals surface area contributed by atoms with Crippen molar-refractivity contribution in [3.8, 4) is 0 Å². The molecular formula is C14H13N2+. The first-order valence-electron chi connectivity index (χ1n) is 5.43. The summed E-state index contributed by atoms with van der Waals surface area (Å²) in [6.45, 7) is 0.902. The summed E-state index contributed by atoms with van der Waals surface area (Å²) in [5.41, 5.74) is 2.54. The second-order valence-corrected chi connectivity index (χ2v) is 3.87. The van der Waals surface area contributed by atoms with Crippen molar-refractivity contribution in [3.05, 3.63) is 72.6 Å². The summed E-state index contributed by atoms with van der Waals surface area (Å²) in [6, 6.07) is 18.8. The smallest absolute Gasteiger partial charge is 0.128 e. The molecule has 78 valence electrons. The summed E-state index contributed by atoms with van der Waals surface area (Å²) in [6.07, 6.45) is 4.20. The highest BCUT2D eigenvalue weighted by molar-refractivity contribution is 5.42. The Balaban J connectivity index is 2.01. The van der Waals surface area contributed by atoms with Crippen molar-refractivity contribution in [1.82, 2.24) is 4.52 Å². The van der Waals surface area contributed by atoms with Gasteiger partial charge in [0.15, 0.2) is 12.7 Å². The first-order valence-corrected chi connectivity index (χ1v) is 5.43. The highest BCUT2D eigenvalue weighted by atomic mass is 15.3. The predicted octanol–water partition coefficient (Wildman–Crippen LogP) is 2.28. The van der Waals surface area contributed by atoms with Gasteiger partial charge in [-0.3, -0.25) is 0 Å². The summed E-state index contributed by atoms with van der Waals surface area (Å²) in [7, 11) is 0. The average Bonchev–Trinajstić information content (AvgIpc) is 2.74. The Bertz CT molecular complexity index is 596. The molecule has 0 aliphatic heterocycles.